The van der Waals surface area contributed by atoms with Crippen LogP contribution in [0.25, 0.3) is 0 Å². The highest BCUT2D eigenvalue weighted by Gasteiger charge is 2.27. The molecule has 1 heterocycles. The topological polar surface area (TPSA) is 15.3 Å². The molecule has 1 N–H and O–H groups in total. The van der Waals surface area contributed by atoms with E-state index in [-0.39, 0.29) is 18.4 Å². The molecule has 1 aliphatic rings. The summed E-state index contributed by atoms with van der Waals surface area (Å²) in [6.07, 6.45) is -0.681. The van der Waals surface area contributed by atoms with Crippen LogP contribution in [0.15, 0.2) is 0 Å². The molecule has 0 aliphatic carbocycles. The molecular formula is C6H14ClFN2. The van der Waals surface area contributed by atoms with Crippen molar-refractivity contribution >= 4 is 12.4 Å². The summed E-state index contributed by atoms with van der Waals surface area (Å²) in [6.45, 7) is 1.30. The molecular weight excluding hydrogens is 155 g/mol. The van der Waals surface area contributed by atoms with E-state index >= 15 is 0 Å². The summed E-state index contributed by atoms with van der Waals surface area (Å²) in [4.78, 5) is 1.92. The molecule has 0 spiro atoms. The van der Waals surface area contributed by atoms with Gasteiger partial charge in [0, 0.05) is 13.1 Å². The first kappa shape index (κ1) is 10.1. The van der Waals surface area contributed by atoms with Gasteiger partial charge >= 0.3 is 0 Å². The Hall–Kier alpha value is 0.140. The maximum absolute atomic E-state index is 12.7. The van der Waals surface area contributed by atoms with E-state index in [1.165, 1.54) is 0 Å². The second-order valence-electron chi connectivity index (χ2n) is 2.71. The highest BCUT2D eigenvalue weighted by molar-refractivity contribution is 5.85. The van der Waals surface area contributed by atoms with Crippen LogP contribution in [0.2, 0.25) is 0 Å². The van der Waals surface area contributed by atoms with Crippen molar-refractivity contribution in [3.8, 4) is 0 Å². The smallest absolute Gasteiger partial charge is 0.129 e. The molecule has 0 unspecified atom stereocenters. The van der Waals surface area contributed by atoms with Crippen LogP contribution in [0.4, 0.5) is 4.39 Å². The van der Waals surface area contributed by atoms with E-state index in [1.54, 1.807) is 0 Å². The predicted octanol–water partition coefficient (Wildman–Crippen LogP) is 0.280. The van der Waals surface area contributed by atoms with Gasteiger partial charge in [-0.05, 0) is 14.1 Å². The number of nitrogens with zero attached hydrogens (tertiary/aromatic N) is 1. The van der Waals surface area contributed by atoms with Crippen molar-refractivity contribution in [2.75, 3.05) is 27.2 Å². The second kappa shape index (κ2) is 4.11. The van der Waals surface area contributed by atoms with Gasteiger partial charge in [-0.2, -0.15) is 0 Å². The number of likely N-dealkylation sites (N-methyl/N-ethyl adjacent to an activating group) is 1. The SMILES string of the molecule is CN(C)[C@@H]1CNC[C@H]1F.Cl. The standard InChI is InChI=1S/C6H13FN2.ClH/c1-9(2)6-4-8-3-5(6)7;/h5-6,8H,3-4H2,1-2H3;1H/t5-,6-;/m1./s1. The Bertz CT molecular complexity index is 99.7. The normalized spacial score (nSPS) is 32.4. The Balaban J connectivity index is 0.000000810. The van der Waals surface area contributed by atoms with Crippen LogP contribution in [0, 0.1) is 0 Å². The molecule has 2 nitrogen and oxygen atoms in total. The van der Waals surface area contributed by atoms with Gasteiger partial charge in [0.2, 0.25) is 0 Å². The van der Waals surface area contributed by atoms with E-state index in [0.29, 0.717) is 6.54 Å². The van der Waals surface area contributed by atoms with Crippen molar-refractivity contribution < 1.29 is 4.39 Å². The van der Waals surface area contributed by atoms with Crippen LogP contribution in [0.5, 0.6) is 0 Å². The van der Waals surface area contributed by atoms with E-state index < -0.39 is 6.17 Å². The fraction of sp³-hybridized carbons (Fsp3) is 1.00. The fourth-order valence-electron chi connectivity index (χ4n) is 1.14. The van der Waals surface area contributed by atoms with Gasteiger partial charge in [0.1, 0.15) is 6.17 Å². The van der Waals surface area contributed by atoms with Gasteiger partial charge in [0.25, 0.3) is 0 Å². The van der Waals surface area contributed by atoms with Crippen molar-refractivity contribution in [1.29, 1.82) is 0 Å². The summed E-state index contributed by atoms with van der Waals surface area (Å²) in [7, 11) is 3.81. The zero-order chi connectivity index (χ0) is 6.85. The maximum Gasteiger partial charge on any atom is 0.129 e. The van der Waals surface area contributed by atoms with Gasteiger partial charge in [-0.3, -0.25) is 0 Å². The Morgan fingerprint density at radius 2 is 2.00 bits per heavy atom. The second-order valence-corrected chi connectivity index (χ2v) is 2.71. The van der Waals surface area contributed by atoms with Gasteiger partial charge in [-0.1, -0.05) is 0 Å². The summed E-state index contributed by atoms with van der Waals surface area (Å²) in [6, 6.07) is 0.0880. The Morgan fingerprint density at radius 3 is 2.20 bits per heavy atom. The molecule has 10 heavy (non-hydrogen) atoms. The van der Waals surface area contributed by atoms with Gasteiger partial charge in [0.15, 0.2) is 0 Å². The fourth-order valence-corrected chi connectivity index (χ4v) is 1.14. The average molecular weight is 169 g/mol. The molecule has 1 rings (SSSR count). The van der Waals surface area contributed by atoms with Crippen molar-refractivity contribution in [2.24, 2.45) is 0 Å². The van der Waals surface area contributed by atoms with Gasteiger partial charge in [-0.25, -0.2) is 4.39 Å². The monoisotopic (exact) mass is 168 g/mol. The number of hydrogen-bond donors (Lipinski definition) is 1. The zero-order valence-corrected chi connectivity index (χ0v) is 7.12. The quantitative estimate of drug-likeness (QED) is 0.605. The molecule has 0 bridgehead atoms. The molecule has 0 saturated carbocycles. The summed E-state index contributed by atoms with van der Waals surface area (Å²) in [5.74, 6) is 0. The van der Waals surface area contributed by atoms with Crippen LogP contribution in [-0.4, -0.2) is 44.3 Å². The molecule has 0 aromatic heterocycles. The number of hydrogen-bond acceptors (Lipinski definition) is 2. The zero-order valence-electron chi connectivity index (χ0n) is 6.30. The minimum atomic E-state index is -0.681. The van der Waals surface area contributed by atoms with Crippen LogP contribution in [-0.2, 0) is 0 Å². The lowest BCUT2D eigenvalue weighted by Crippen LogP contribution is -2.35. The molecule has 62 valence electrons. The molecule has 2 atom stereocenters. The lowest BCUT2D eigenvalue weighted by Gasteiger charge is -2.19. The minimum absolute atomic E-state index is 0. The first-order valence-corrected chi connectivity index (χ1v) is 3.23. The van der Waals surface area contributed by atoms with Crippen molar-refractivity contribution in [3.05, 3.63) is 0 Å². The number of halogens is 2. The number of alkyl halides is 1. The highest BCUT2D eigenvalue weighted by atomic mass is 35.5. The summed E-state index contributed by atoms with van der Waals surface area (Å²) < 4.78 is 12.7. The minimum Gasteiger partial charge on any atom is -0.312 e. The summed E-state index contributed by atoms with van der Waals surface area (Å²) in [5, 5.41) is 2.99. The molecule has 4 heteroatoms. The van der Waals surface area contributed by atoms with E-state index in [2.05, 4.69) is 5.32 Å². The molecule has 0 radical (unpaired) electrons. The number of rotatable bonds is 1. The summed E-state index contributed by atoms with van der Waals surface area (Å²) >= 11 is 0. The van der Waals surface area contributed by atoms with Gasteiger partial charge < -0.3 is 10.2 Å². The van der Waals surface area contributed by atoms with Gasteiger partial charge in [-0.15, -0.1) is 12.4 Å². The Kier molecular flexibility index (Phi) is 4.17. The van der Waals surface area contributed by atoms with Crippen LogP contribution in [0.1, 0.15) is 0 Å². The average Bonchev–Trinajstić information content (AvgIpc) is 2.13. The van der Waals surface area contributed by atoms with E-state index in [1.807, 2.05) is 19.0 Å². The molecule has 1 saturated heterocycles. The lowest BCUT2D eigenvalue weighted by atomic mass is 10.2. The van der Waals surface area contributed by atoms with Gasteiger partial charge in [0.05, 0.1) is 6.04 Å². The molecule has 0 aromatic rings. The Labute approximate surface area is 67.2 Å². The van der Waals surface area contributed by atoms with Crippen molar-refractivity contribution in [2.45, 2.75) is 12.2 Å². The van der Waals surface area contributed by atoms with Crippen molar-refractivity contribution in [3.63, 3.8) is 0 Å². The third kappa shape index (κ3) is 2.08. The maximum atomic E-state index is 12.7. The van der Waals surface area contributed by atoms with Crippen LogP contribution in [0.3, 0.4) is 0 Å². The summed E-state index contributed by atoms with van der Waals surface area (Å²) in [5.41, 5.74) is 0. The lowest BCUT2D eigenvalue weighted by molar-refractivity contribution is 0.202. The van der Waals surface area contributed by atoms with Crippen molar-refractivity contribution in [1.82, 2.24) is 10.2 Å². The molecule has 0 amide bonds. The molecule has 0 aromatic carbocycles. The molecule has 1 fully saturated rings. The van der Waals surface area contributed by atoms with E-state index in [0.717, 1.165) is 6.54 Å². The van der Waals surface area contributed by atoms with Crippen LogP contribution < -0.4 is 5.32 Å². The number of nitrogens with one attached hydrogen (secondary N) is 1. The first-order valence-electron chi connectivity index (χ1n) is 3.23. The highest BCUT2D eigenvalue weighted by Crippen LogP contribution is 2.08. The third-order valence-corrected chi connectivity index (χ3v) is 1.77. The van der Waals surface area contributed by atoms with E-state index in [9.17, 15) is 4.39 Å². The largest absolute Gasteiger partial charge is 0.312 e. The molecule has 1 aliphatic heterocycles. The van der Waals surface area contributed by atoms with E-state index in [4.69, 9.17) is 0 Å². The van der Waals surface area contributed by atoms with Crippen LogP contribution >= 0.6 is 12.4 Å². The predicted molar refractivity (Wildman–Crippen MR) is 42.5 cm³/mol. The third-order valence-electron chi connectivity index (χ3n) is 1.77. The Morgan fingerprint density at radius 1 is 1.40 bits per heavy atom. The first-order chi connectivity index (χ1) is 4.22.